The smallest absolute Gasteiger partial charge is 0.239 e. The summed E-state index contributed by atoms with van der Waals surface area (Å²) in [5, 5.41) is 3.40. The van der Waals surface area contributed by atoms with E-state index in [-0.39, 0.29) is 24.3 Å². The number of para-hydroxylation sites is 1. The lowest BCUT2D eigenvalue weighted by molar-refractivity contribution is -0.133. The molecule has 0 saturated carbocycles. The lowest BCUT2D eigenvalue weighted by Crippen LogP contribution is -2.43. The lowest BCUT2D eigenvalue weighted by Gasteiger charge is -2.34. The van der Waals surface area contributed by atoms with Crippen LogP contribution < -0.4 is 20.7 Å². The van der Waals surface area contributed by atoms with Gasteiger partial charge in [0, 0.05) is 49.9 Å². The summed E-state index contributed by atoms with van der Waals surface area (Å²) in [6, 6.07) is 12.0. The first kappa shape index (κ1) is 23.0. The van der Waals surface area contributed by atoms with Crippen LogP contribution in [0.5, 0.6) is 5.75 Å². The molecule has 2 aromatic carbocycles. The van der Waals surface area contributed by atoms with Crippen LogP contribution >= 0.6 is 11.6 Å². The number of hydrogen-bond donors (Lipinski definition) is 2. The van der Waals surface area contributed by atoms with Gasteiger partial charge in [0.25, 0.3) is 0 Å². The van der Waals surface area contributed by atoms with Crippen molar-refractivity contribution in [1.82, 2.24) is 10.2 Å². The minimum Gasteiger partial charge on any atom is -0.493 e. The van der Waals surface area contributed by atoms with E-state index >= 15 is 0 Å². The van der Waals surface area contributed by atoms with Crippen molar-refractivity contribution in [3.8, 4) is 5.75 Å². The van der Waals surface area contributed by atoms with E-state index in [1.54, 1.807) is 0 Å². The number of ether oxygens (including phenoxy) is 1. The van der Waals surface area contributed by atoms with Gasteiger partial charge in [0.1, 0.15) is 5.75 Å². The van der Waals surface area contributed by atoms with E-state index in [2.05, 4.69) is 23.5 Å². The van der Waals surface area contributed by atoms with Crippen molar-refractivity contribution in [1.29, 1.82) is 0 Å². The SMILES string of the molecule is NCCNC(=O)CN1CC(C(=O)N2CCC(c3cccc4c3OCC4)CC2)c2ccc(Cl)cc21. The molecule has 5 rings (SSSR count). The van der Waals surface area contributed by atoms with Gasteiger partial charge >= 0.3 is 0 Å². The van der Waals surface area contributed by atoms with Gasteiger partial charge in [0.2, 0.25) is 11.8 Å². The zero-order valence-corrected chi connectivity index (χ0v) is 20.0. The van der Waals surface area contributed by atoms with E-state index in [0.29, 0.717) is 30.6 Å². The van der Waals surface area contributed by atoms with Gasteiger partial charge in [-0.15, -0.1) is 0 Å². The first-order valence-corrected chi connectivity index (χ1v) is 12.5. The summed E-state index contributed by atoms with van der Waals surface area (Å²) >= 11 is 6.25. The van der Waals surface area contributed by atoms with Crippen molar-refractivity contribution in [3.05, 3.63) is 58.1 Å². The molecule has 0 spiro atoms. The molecular formula is C26H31ClN4O3. The predicted molar refractivity (Wildman–Crippen MR) is 133 cm³/mol. The quantitative estimate of drug-likeness (QED) is 0.661. The average Bonchev–Trinajstić information content (AvgIpc) is 3.47. The average molecular weight is 483 g/mol. The molecule has 3 aliphatic heterocycles. The maximum atomic E-state index is 13.6. The highest BCUT2D eigenvalue weighted by atomic mass is 35.5. The van der Waals surface area contributed by atoms with Gasteiger partial charge in [0.15, 0.2) is 0 Å². The highest BCUT2D eigenvalue weighted by Gasteiger charge is 2.38. The zero-order valence-electron chi connectivity index (χ0n) is 19.3. The van der Waals surface area contributed by atoms with Crippen LogP contribution in [0, 0.1) is 0 Å². The summed E-state index contributed by atoms with van der Waals surface area (Å²) in [7, 11) is 0. The number of likely N-dealkylation sites (tertiary alicyclic amines) is 1. The van der Waals surface area contributed by atoms with E-state index in [1.807, 2.05) is 28.0 Å². The van der Waals surface area contributed by atoms with Crippen molar-refractivity contribution >= 4 is 29.1 Å². The number of nitrogens with two attached hydrogens (primary N) is 1. The topological polar surface area (TPSA) is 87.9 Å². The standard InChI is InChI=1S/C26H31ClN4O3/c27-19-4-5-21-22(15-31(23(21)14-19)16-24(32)29-10-9-28)26(33)30-11-6-17(7-12-30)20-3-1-2-18-8-13-34-25(18)20/h1-5,14,17,22H,6-13,15-16,28H2,(H,29,32). The lowest BCUT2D eigenvalue weighted by atomic mass is 9.87. The third kappa shape index (κ3) is 4.46. The minimum atomic E-state index is -0.296. The number of carbonyl (C=O) groups excluding carboxylic acids is 2. The molecule has 0 bridgehead atoms. The highest BCUT2D eigenvalue weighted by Crippen LogP contribution is 2.41. The number of fused-ring (bicyclic) bond motifs is 2. The van der Waals surface area contributed by atoms with Crippen molar-refractivity contribution in [2.75, 3.05) is 50.8 Å². The number of nitrogens with zero attached hydrogens (tertiary/aromatic N) is 2. The fourth-order valence-electron chi connectivity index (χ4n) is 5.50. The maximum absolute atomic E-state index is 13.6. The molecule has 3 N–H and O–H groups in total. The molecular weight excluding hydrogens is 452 g/mol. The zero-order chi connectivity index (χ0) is 23.7. The summed E-state index contributed by atoms with van der Waals surface area (Å²) in [5.41, 5.74) is 9.89. The van der Waals surface area contributed by atoms with Gasteiger partial charge in [-0.05, 0) is 47.6 Å². The number of piperidine rings is 1. The Morgan fingerprint density at radius 1 is 1.15 bits per heavy atom. The summed E-state index contributed by atoms with van der Waals surface area (Å²) < 4.78 is 5.92. The number of amides is 2. The molecule has 1 fully saturated rings. The number of halogens is 1. The summed E-state index contributed by atoms with van der Waals surface area (Å²) in [4.78, 5) is 29.9. The van der Waals surface area contributed by atoms with Crippen LogP contribution in [0.25, 0.3) is 0 Å². The number of nitrogens with one attached hydrogen (secondary N) is 1. The number of rotatable bonds is 6. The minimum absolute atomic E-state index is 0.108. The van der Waals surface area contributed by atoms with Crippen LogP contribution in [0.4, 0.5) is 5.69 Å². The second-order valence-electron chi connectivity index (χ2n) is 9.31. The Balaban J connectivity index is 1.27. The molecule has 180 valence electrons. The number of benzene rings is 2. The number of hydrogen-bond acceptors (Lipinski definition) is 5. The largest absolute Gasteiger partial charge is 0.493 e. The second kappa shape index (κ2) is 9.84. The normalized spacial score (nSPS) is 19.5. The molecule has 3 heterocycles. The van der Waals surface area contributed by atoms with Crippen molar-refractivity contribution in [2.45, 2.75) is 31.1 Å². The first-order valence-electron chi connectivity index (χ1n) is 12.1. The molecule has 3 aliphatic rings. The van der Waals surface area contributed by atoms with Gasteiger partial charge < -0.3 is 25.6 Å². The Hall–Kier alpha value is -2.77. The fraction of sp³-hybridized carbons (Fsp3) is 0.462. The molecule has 34 heavy (non-hydrogen) atoms. The Kier molecular flexibility index (Phi) is 6.66. The van der Waals surface area contributed by atoms with Gasteiger partial charge in [0.05, 0.1) is 19.1 Å². The maximum Gasteiger partial charge on any atom is 0.239 e. The molecule has 8 heteroatoms. The molecule has 1 unspecified atom stereocenters. The molecule has 2 aromatic rings. The molecule has 0 aliphatic carbocycles. The van der Waals surface area contributed by atoms with Crippen LogP contribution in [0.1, 0.15) is 41.4 Å². The highest BCUT2D eigenvalue weighted by molar-refractivity contribution is 6.31. The monoisotopic (exact) mass is 482 g/mol. The predicted octanol–water partition coefficient (Wildman–Crippen LogP) is 2.66. The molecule has 1 saturated heterocycles. The Morgan fingerprint density at radius 3 is 2.76 bits per heavy atom. The van der Waals surface area contributed by atoms with Gasteiger partial charge in [-0.2, -0.15) is 0 Å². The Bertz CT molecular complexity index is 1080. The molecule has 0 aromatic heterocycles. The first-order chi connectivity index (χ1) is 16.5. The van der Waals surface area contributed by atoms with Gasteiger partial charge in [-0.3, -0.25) is 9.59 Å². The van der Waals surface area contributed by atoms with Crippen molar-refractivity contribution < 1.29 is 14.3 Å². The molecule has 1 atom stereocenters. The van der Waals surface area contributed by atoms with Gasteiger partial charge in [-0.1, -0.05) is 35.9 Å². The summed E-state index contributed by atoms with van der Waals surface area (Å²) in [5.74, 6) is 1.20. The Labute approximate surface area is 205 Å². The van der Waals surface area contributed by atoms with Crippen LogP contribution in [0.3, 0.4) is 0 Å². The fourth-order valence-corrected chi connectivity index (χ4v) is 5.66. The van der Waals surface area contributed by atoms with Gasteiger partial charge in [-0.25, -0.2) is 0 Å². The van der Waals surface area contributed by atoms with E-state index in [0.717, 1.165) is 56.0 Å². The molecule has 2 amide bonds. The Morgan fingerprint density at radius 2 is 1.97 bits per heavy atom. The van der Waals surface area contributed by atoms with E-state index < -0.39 is 0 Å². The van der Waals surface area contributed by atoms with E-state index in [1.165, 1.54) is 11.1 Å². The van der Waals surface area contributed by atoms with Crippen molar-refractivity contribution in [3.63, 3.8) is 0 Å². The van der Waals surface area contributed by atoms with E-state index in [9.17, 15) is 9.59 Å². The molecule has 0 radical (unpaired) electrons. The van der Waals surface area contributed by atoms with Crippen LogP contribution in [0.15, 0.2) is 36.4 Å². The van der Waals surface area contributed by atoms with Crippen LogP contribution in [-0.4, -0.2) is 62.6 Å². The molecule has 7 nitrogen and oxygen atoms in total. The van der Waals surface area contributed by atoms with Crippen LogP contribution in [0.2, 0.25) is 5.02 Å². The third-order valence-corrected chi connectivity index (χ3v) is 7.44. The summed E-state index contributed by atoms with van der Waals surface area (Å²) in [6.45, 7) is 3.69. The second-order valence-corrected chi connectivity index (χ2v) is 9.74. The summed E-state index contributed by atoms with van der Waals surface area (Å²) in [6.07, 6.45) is 2.83. The van der Waals surface area contributed by atoms with Crippen LogP contribution in [-0.2, 0) is 16.0 Å². The number of carbonyl (C=O) groups is 2. The van der Waals surface area contributed by atoms with Crippen molar-refractivity contribution in [2.24, 2.45) is 5.73 Å². The number of anilines is 1. The third-order valence-electron chi connectivity index (χ3n) is 7.20. The van der Waals surface area contributed by atoms with E-state index in [4.69, 9.17) is 22.1 Å².